The minimum Gasteiger partial charge on any atom is -0.493 e. The Hall–Kier alpha value is -2.48. The molecule has 1 atom stereocenters. The van der Waals surface area contributed by atoms with E-state index in [1.54, 1.807) is 46.9 Å². The van der Waals surface area contributed by atoms with Crippen molar-refractivity contribution in [2.45, 2.75) is 65.0 Å². The molecular weight excluding hydrogens is 402 g/mol. The number of ether oxygens (including phenoxy) is 5. The molecule has 8 nitrogen and oxygen atoms in total. The molecule has 8 heteroatoms. The van der Waals surface area contributed by atoms with E-state index in [0.717, 1.165) is 18.4 Å². The van der Waals surface area contributed by atoms with E-state index in [1.807, 2.05) is 13.0 Å². The fourth-order valence-corrected chi connectivity index (χ4v) is 2.97. The van der Waals surface area contributed by atoms with E-state index in [0.29, 0.717) is 11.5 Å². The molecule has 0 aliphatic heterocycles. The van der Waals surface area contributed by atoms with Crippen LogP contribution in [0.4, 0.5) is 4.79 Å². The summed E-state index contributed by atoms with van der Waals surface area (Å²) in [5.41, 5.74) is -1.34. The predicted molar refractivity (Wildman–Crippen MR) is 117 cm³/mol. The van der Waals surface area contributed by atoms with E-state index < -0.39 is 23.2 Å². The molecular formula is C23H37NO7. The van der Waals surface area contributed by atoms with Crippen LogP contribution in [0, 0.1) is 0 Å². The van der Waals surface area contributed by atoms with Gasteiger partial charge in [-0.15, -0.1) is 0 Å². The van der Waals surface area contributed by atoms with Crippen LogP contribution in [0.25, 0.3) is 0 Å². The summed E-state index contributed by atoms with van der Waals surface area (Å²) in [7, 11) is 4.55. The number of carbonyl (C=O) groups is 2. The molecule has 1 aromatic carbocycles. The summed E-state index contributed by atoms with van der Waals surface area (Å²) in [4.78, 5) is 27.5. The molecule has 0 bridgehead atoms. The van der Waals surface area contributed by atoms with Gasteiger partial charge in [0.15, 0.2) is 11.5 Å². The lowest BCUT2D eigenvalue weighted by molar-refractivity contribution is -0.160. The topological polar surface area (TPSA) is 83.5 Å². The molecule has 0 spiro atoms. The number of amides is 1. The van der Waals surface area contributed by atoms with Gasteiger partial charge >= 0.3 is 12.1 Å². The molecule has 0 radical (unpaired) electrons. The van der Waals surface area contributed by atoms with Crippen LogP contribution in [0.3, 0.4) is 0 Å². The van der Waals surface area contributed by atoms with E-state index in [-0.39, 0.29) is 19.8 Å². The summed E-state index contributed by atoms with van der Waals surface area (Å²) in [5.74, 6) is 0.565. The highest BCUT2D eigenvalue weighted by atomic mass is 16.6. The van der Waals surface area contributed by atoms with E-state index in [9.17, 15) is 9.59 Å². The van der Waals surface area contributed by atoms with Crippen molar-refractivity contribution in [3.8, 4) is 11.5 Å². The smallest absolute Gasteiger partial charge is 0.413 e. The molecule has 0 N–H and O–H groups in total. The molecule has 0 aliphatic carbocycles. The highest BCUT2D eigenvalue weighted by Gasteiger charge is 2.45. The molecule has 0 aromatic heterocycles. The lowest BCUT2D eigenvalue weighted by atomic mass is 9.91. The van der Waals surface area contributed by atoms with Crippen molar-refractivity contribution in [3.63, 3.8) is 0 Å². The number of nitrogens with zero attached hydrogens (tertiary/aromatic N) is 1. The van der Waals surface area contributed by atoms with Crippen molar-refractivity contribution in [2.75, 3.05) is 34.7 Å². The fourth-order valence-electron chi connectivity index (χ4n) is 2.97. The third kappa shape index (κ3) is 7.61. The van der Waals surface area contributed by atoms with E-state index in [2.05, 4.69) is 0 Å². The number of benzene rings is 1. The van der Waals surface area contributed by atoms with Crippen molar-refractivity contribution >= 4 is 12.1 Å². The number of esters is 1. The quantitative estimate of drug-likeness (QED) is 0.290. The maximum Gasteiger partial charge on any atom is 0.413 e. The van der Waals surface area contributed by atoms with Crippen molar-refractivity contribution < 1.29 is 33.3 Å². The van der Waals surface area contributed by atoms with Crippen LogP contribution in [0.15, 0.2) is 18.2 Å². The summed E-state index contributed by atoms with van der Waals surface area (Å²) >= 11 is 0. The maximum atomic E-state index is 13.2. The Balaban J connectivity index is 3.37. The van der Waals surface area contributed by atoms with E-state index in [1.165, 1.54) is 19.1 Å². The standard InChI is InChI=1S/C23H37NO7/c1-9-10-13-30-20(25)23(5,24(16-27-6)21(26)31-22(2,3)4)15-17-11-12-18(28-7)19(14-17)29-8/h11-12,14H,9-10,13,15-16H2,1-8H3/t23-/m0/s1. The lowest BCUT2D eigenvalue weighted by Gasteiger charge is -2.39. The van der Waals surface area contributed by atoms with Gasteiger partial charge in [-0.05, 0) is 51.8 Å². The second kappa shape index (κ2) is 11.8. The zero-order valence-electron chi connectivity index (χ0n) is 20.1. The van der Waals surface area contributed by atoms with Gasteiger partial charge in [-0.1, -0.05) is 19.4 Å². The lowest BCUT2D eigenvalue weighted by Crippen LogP contribution is -2.58. The molecule has 0 unspecified atom stereocenters. The molecule has 1 rings (SSSR count). The number of methoxy groups -OCH3 is 3. The zero-order valence-corrected chi connectivity index (χ0v) is 20.1. The summed E-state index contributed by atoms with van der Waals surface area (Å²) in [6, 6.07) is 5.35. The monoisotopic (exact) mass is 439 g/mol. The van der Waals surface area contributed by atoms with Gasteiger partial charge in [0, 0.05) is 13.5 Å². The van der Waals surface area contributed by atoms with Gasteiger partial charge in [0.2, 0.25) is 0 Å². The predicted octanol–water partition coefficient (Wildman–Crippen LogP) is 4.19. The highest BCUT2D eigenvalue weighted by molar-refractivity contribution is 5.86. The van der Waals surface area contributed by atoms with Crippen LogP contribution in [0.5, 0.6) is 11.5 Å². The first kappa shape index (κ1) is 26.6. The Kier molecular flexibility index (Phi) is 10.1. The summed E-state index contributed by atoms with van der Waals surface area (Å²) < 4.78 is 27.0. The molecule has 0 aliphatic rings. The number of rotatable bonds is 11. The molecule has 0 saturated heterocycles. The first-order valence-electron chi connectivity index (χ1n) is 10.4. The number of hydrogen-bond donors (Lipinski definition) is 0. The van der Waals surface area contributed by atoms with Crippen LogP contribution >= 0.6 is 0 Å². The normalized spacial score (nSPS) is 13.2. The summed E-state index contributed by atoms with van der Waals surface area (Å²) in [6.07, 6.45) is 1.12. The van der Waals surface area contributed by atoms with Crippen LogP contribution < -0.4 is 9.47 Å². The van der Waals surface area contributed by atoms with Crippen molar-refractivity contribution in [1.29, 1.82) is 0 Å². The third-order valence-corrected chi connectivity index (χ3v) is 4.63. The molecule has 0 saturated carbocycles. The first-order valence-corrected chi connectivity index (χ1v) is 10.4. The zero-order chi connectivity index (χ0) is 23.7. The van der Waals surface area contributed by atoms with E-state index >= 15 is 0 Å². The third-order valence-electron chi connectivity index (χ3n) is 4.63. The van der Waals surface area contributed by atoms with Gasteiger partial charge < -0.3 is 23.7 Å². The van der Waals surface area contributed by atoms with E-state index in [4.69, 9.17) is 23.7 Å². The van der Waals surface area contributed by atoms with Gasteiger partial charge in [-0.2, -0.15) is 0 Å². The molecule has 1 amide bonds. The van der Waals surface area contributed by atoms with Crippen molar-refractivity contribution in [2.24, 2.45) is 0 Å². The molecule has 1 aromatic rings. The number of hydrogen-bond acceptors (Lipinski definition) is 7. The maximum absolute atomic E-state index is 13.2. The molecule has 0 fully saturated rings. The van der Waals surface area contributed by atoms with Gasteiger partial charge in [-0.3, -0.25) is 4.90 Å². The second-order valence-electron chi connectivity index (χ2n) is 8.46. The first-order chi connectivity index (χ1) is 14.5. The fraction of sp³-hybridized carbons (Fsp3) is 0.652. The van der Waals surface area contributed by atoms with Crippen molar-refractivity contribution in [3.05, 3.63) is 23.8 Å². The minimum absolute atomic E-state index is 0.137. The Morgan fingerprint density at radius 1 is 1.00 bits per heavy atom. The molecule has 176 valence electrons. The Morgan fingerprint density at radius 3 is 2.16 bits per heavy atom. The largest absolute Gasteiger partial charge is 0.493 e. The highest BCUT2D eigenvalue weighted by Crippen LogP contribution is 2.31. The van der Waals surface area contributed by atoms with Gasteiger partial charge in [0.1, 0.15) is 17.9 Å². The Morgan fingerprint density at radius 2 is 1.65 bits per heavy atom. The number of carbonyl (C=O) groups excluding carboxylic acids is 2. The van der Waals surface area contributed by atoms with Crippen LogP contribution in [-0.2, 0) is 25.4 Å². The summed E-state index contributed by atoms with van der Waals surface area (Å²) in [5, 5.41) is 0. The van der Waals surface area contributed by atoms with Gasteiger partial charge in [0.25, 0.3) is 0 Å². The van der Waals surface area contributed by atoms with Crippen LogP contribution in [0.1, 0.15) is 53.0 Å². The van der Waals surface area contributed by atoms with Crippen LogP contribution in [0.2, 0.25) is 0 Å². The molecule has 31 heavy (non-hydrogen) atoms. The van der Waals surface area contributed by atoms with Gasteiger partial charge in [-0.25, -0.2) is 9.59 Å². The SMILES string of the molecule is CCCCOC(=O)[C@](C)(Cc1ccc(OC)c(OC)c1)N(COC)C(=O)OC(C)(C)C. The minimum atomic E-state index is -1.37. The molecule has 0 heterocycles. The van der Waals surface area contributed by atoms with Crippen LogP contribution in [-0.4, -0.2) is 62.8 Å². The van der Waals surface area contributed by atoms with Gasteiger partial charge in [0.05, 0.1) is 20.8 Å². The Bertz CT molecular complexity index is 729. The summed E-state index contributed by atoms with van der Waals surface area (Å²) in [6.45, 7) is 9.09. The van der Waals surface area contributed by atoms with Crippen molar-refractivity contribution in [1.82, 2.24) is 4.90 Å². The average molecular weight is 440 g/mol. The Labute approximate surface area is 185 Å². The number of unbranched alkanes of at least 4 members (excludes halogenated alkanes) is 1. The average Bonchev–Trinajstić information content (AvgIpc) is 2.70. The second-order valence-corrected chi connectivity index (χ2v) is 8.46.